The lowest BCUT2D eigenvalue weighted by Gasteiger charge is -2.17. The van der Waals surface area contributed by atoms with Crippen LogP contribution in [0.3, 0.4) is 0 Å². The van der Waals surface area contributed by atoms with Crippen LogP contribution in [0.4, 0.5) is 0 Å². The minimum atomic E-state index is 0.164. The monoisotopic (exact) mass is 313 g/mol. The summed E-state index contributed by atoms with van der Waals surface area (Å²) in [7, 11) is 0. The zero-order valence-electron chi connectivity index (χ0n) is 12.8. The number of hydrogen-bond donors (Lipinski definition) is 0. The number of nitrogens with zero attached hydrogens (tertiary/aromatic N) is 3. The van der Waals surface area contributed by atoms with Gasteiger partial charge in [-0.1, -0.05) is 13.8 Å². The molecule has 22 heavy (non-hydrogen) atoms. The predicted molar refractivity (Wildman–Crippen MR) is 86.3 cm³/mol. The topological polar surface area (TPSA) is 46.1 Å². The van der Waals surface area contributed by atoms with E-state index in [0.717, 1.165) is 30.9 Å². The van der Waals surface area contributed by atoms with Gasteiger partial charge in [0, 0.05) is 42.2 Å². The van der Waals surface area contributed by atoms with Crippen LogP contribution >= 0.6 is 11.3 Å². The fourth-order valence-corrected chi connectivity index (χ4v) is 4.24. The Morgan fingerprint density at radius 2 is 2.27 bits per heavy atom. The summed E-state index contributed by atoms with van der Waals surface area (Å²) in [5.74, 6) is 2.39. The third-order valence-corrected chi connectivity index (χ3v) is 5.47. The molecule has 1 amide bonds. The molecule has 1 aliphatic carbocycles. The molecule has 4 nitrogen and oxygen atoms in total. The first-order chi connectivity index (χ1) is 10.6. The predicted octanol–water partition coefficient (Wildman–Crippen LogP) is 3.07. The van der Waals surface area contributed by atoms with Crippen molar-refractivity contribution in [3.63, 3.8) is 0 Å². The molecule has 1 saturated heterocycles. The van der Waals surface area contributed by atoms with Gasteiger partial charge in [0.1, 0.15) is 5.82 Å². The van der Waals surface area contributed by atoms with E-state index in [1.165, 1.54) is 11.3 Å². The van der Waals surface area contributed by atoms with E-state index >= 15 is 0 Å². The minimum absolute atomic E-state index is 0.164. The number of carbonyl (C=O) groups excluding carboxylic acids is 1. The second kappa shape index (κ2) is 5.16. The van der Waals surface area contributed by atoms with Gasteiger partial charge in [0.2, 0.25) is 0 Å². The third kappa shape index (κ3) is 2.15. The van der Waals surface area contributed by atoms with Crippen LogP contribution in [0.15, 0.2) is 23.0 Å². The fourth-order valence-electron chi connectivity index (χ4n) is 3.61. The van der Waals surface area contributed by atoms with E-state index in [1.807, 2.05) is 27.9 Å². The van der Waals surface area contributed by atoms with E-state index in [0.29, 0.717) is 17.8 Å². The van der Waals surface area contributed by atoms with Crippen LogP contribution in [0.25, 0.3) is 0 Å². The van der Waals surface area contributed by atoms with Crippen molar-refractivity contribution in [2.45, 2.75) is 32.1 Å². The summed E-state index contributed by atoms with van der Waals surface area (Å²) in [4.78, 5) is 23.8. The van der Waals surface area contributed by atoms with Gasteiger partial charge in [0.05, 0.1) is 5.56 Å². The number of fused-ring (bicyclic) bond motifs is 3. The standard InChI is InChI=1S/C17H19N3OS/c1-10(2)16-18-6-13-14-8-20(7-12(14)5-15(13)19-16)17(21)11-3-4-22-9-11/h3-4,6,9-10,12,14H,5,7-8H2,1-2H3. The summed E-state index contributed by atoms with van der Waals surface area (Å²) >= 11 is 1.57. The molecular weight excluding hydrogens is 294 g/mol. The normalized spacial score (nSPS) is 23.0. The Labute approximate surface area is 134 Å². The van der Waals surface area contributed by atoms with Crippen molar-refractivity contribution in [3.8, 4) is 0 Å². The smallest absolute Gasteiger partial charge is 0.254 e. The maximum Gasteiger partial charge on any atom is 0.254 e. The molecule has 2 aliphatic rings. The van der Waals surface area contributed by atoms with Gasteiger partial charge in [0.15, 0.2) is 0 Å². The zero-order valence-corrected chi connectivity index (χ0v) is 13.6. The van der Waals surface area contributed by atoms with Crippen molar-refractivity contribution in [2.24, 2.45) is 5.92 Å². The highest BCUT2D eigenvalue weighted by atomic mass is 32.1. The van der Waals surface area contributed by atoms with Gasteiger partial charge in [0.25, 0.3) is 5.91 Å². The molecular formula is C17H19N3OS. The van der Waals surface area contributed by atoms with Gasteiger partial charge in [-0.15, -0.1) is 0 Å². The Hall–Kier alpha value is -1.75. The molecule has 0 aromatic carbocycles. The van der Waals surface area contributed by atoms with E-state index in [2.05, 4.69) is 18.8 Å². The van der Waals surface area contributed by atoms with Crippen LogP contribution in [0.1, 0.15) is 53.1 Å². The summed E-state index contributed by atoms with van der Waals surface area (Å²) in [5, 5.41) is 3.89. The lowest BCUT2D eigenvalue weighted by molar-refractivity contribution is 0.0785. The van der Waals surface area contributed by atoms with Crippen molar-refractivity contribution in [2.75, 3.05) is 13.1 Å². The molecule has 4 rings (SSSR count). The van der Waals surface area contributed by atoms with Crippen LogP contribution in [0.5, 0.6) is 0 Å². The lowest BCUT2D eigenvalue weighted by Crippen LogP contribution is -2.29. The first kappa shape index (κ1) is 13.9. The average Bonchev–Trinajstić information content (AvgIpc) is 3.21. The minimum Gasteiger partial charge on any atom is -0.338 e. The van der Waals surface area contributed by atoms with E-state index in [9.17, 15) is 4.79 Å². The van der Waals surface area contributed by atoms with Crippen LogP contribution in [0.2, 0.25) is 0 Å². The molecule has 2 aromatic rings. The van der Waals surface area contributed by atoms with Crippen molar-refractivity contribution in [1.29, 1.82) is 0 Å². The Kier molecular flexibility index (Phi) is 3.26. The van der Waals surface area contributed by atoms with Gasteiger partial charge in [-0.05, 0) is 29.3 Å². The summed E-state index contributed by atoms with van der Waals surface area (Å²) in [5.41, 5.74) is 3.28. The van der Waals surface area contributed by atoms with Gasteiger partial charge >= 0.3 is 0 Å². The van der Waals surface area contributed by atoms with E-state index in [4.69, 9.17) is 4.98 Å². The lowest BCUT2D eigenvalue weighted by atomic mass is 9.97. The van der Waals surface area contributed by atoms with Crippen molar-refractivity contribution < 1.29 is 4.79 Å². The summed E-state index contributed by atoms with van der Waals surface area (Å²) in [6.45, 7) is 5.89. The molecule has 0 bridgehead atoms. The molecule has 3 heterocycles. The Morgan fingerprint density at radius 3 is 3.00 bits per heavy atom. The van der Waals surface area contributed by atoms with Crippen molar-refractivity contribution in [3.05, 3.63) is 45.7 Å². The Bertz CT molecular complexity index is 711. The first-order valence-electron chi connectivity index (χ1n) is 7.80. The molecule has 114 valence electrons. The van der Waals surface area contributed by atoms with E-state index in [1.54, 1.807) is 11.3 Å². The highest BCUT2D eigenvalue weighted by Gasteiger charge is 2.42. The van der Waals surface area contributed by atoms with Crippen LogP contribution in [-0.2, 0) is 6.42 Å². The third-order valence-electron chi connectivity index (χ3n) is 4.79. The van der Waals surface area contributed by atoms with Gasteiger partial charge in [-0.2, -0.15) is 11.3 Å². The fraction of sp³-hybridized carbons (Fsp3) is 0.471. The Balaban J connectivity index is 1.56. The highest BCUT2D eigenvalue weighted by Crippen LogP contribution is 2.42. The van der Waals surface area contributed by atoms with Gasteiger partial charge in [-0.25, -0.2) is 9.97 Å². The Morgan fingerprint density at radius 1 is 1.41 bits per heavy atom. The maximum absolute atomic E-state index is 12.5. The molecule has 0 spiro atoms. The number of hydrogen-bond acceptors (Lipinski definition) is 4. The molecule has 2 unspecified atom stereocenters. The number of amides is 1. The number of likely N-dealkylation sites (tertiary alicyclic amines) is 1. The van der Waals surface area contributed by atoms with Gasteiger partial charge in [-0.3, -0.25) is 4.79 Å². The maximum atomic E-state index is 12.5. The molecule has 2 atom stereocenters. The largest absolute Gasteiger partial charge is 0.338 e. The number of thiophene rings is 1. The number of aromatic nitrogens is 2. The molecule has 0 saturated carbocycles. The molecule has 5 heteroatoms. The van der Waals surface area contributed by atoms with E-state index < -0.39 is 0 Å². The quantitative estimate of drug-likeness (QED) is 0.856. The summed E-state index contributed by atoms with van der Waals surface area (Å²) < 4.78 is 0. The van der Waals surface area contributed by atoms with Crippen LogP contribution in [0, 0.1) is 5.92 Å². The second-order valence-corrected chi connectivity index (χ2v) is 7.36. The van der Waals surface area contributed by atoms with E-state index in [-0.39, 0.29) is 5.91 Å². The number of carbonyl (C=O) groups is 1. The molecule has 0 N–H and O–H groups in total. The SMILES string of the molecule is CC(C)c1ncc2c(n1)CC1CN(C(=O)c3ccsc3)CC21. The highest BCUT2D eigenvalue weighted by molar-refractivity contribution is 7.08. The number of rotatable bonds is 2. The molecule has 0 radical (unpaired) electrons. The van der Waals surface area contributed by atoms with Crippen molar-refractivity contribution in [1.82, 2.24) is 14.9 Å². The molecule has 1 fully saturated rings. The van der Waals surface area contributed by atoms with Crippen LogP contribution in [-0.4, -0.2) is 33.9 Å². The van der Waals surface area contributed by atoms with Crippen molar-refractivity contribution >= 4 is 17.2 Å². The summed E-state index contributed by atoms with van der Waals surface area (Å²) in [6, 6.07) is 1.91. The second-order valence-electron chi connectivity index (χ2n) is 6.58. The van der Waals surface area contributed by atoms with Crippen LogP contribution < -0.4 is 0 Å². The zero-order chi connectivity index (χ0) is 15.3. The summed E-state index contributed by atoms with van der Waals surface area (Å²) in [6.07, 6.45) is 2.98. The molecule has 2 aromatic heterocycles. The van der Waals surface area contributed by atoms with Gasteiger partial charge < -0.3 is 4.90 Å². The average molecular weight is 313 g/mol. The first-order valence-corrected chi connectivity index (χ1v) is 8.75. The molecule has 1 aliphatic heterocycles.